The number of likely N-dealkylation sites (N-methyl/N-ethyl adjacent to an activating group) is 1. The predicted octanol–water partition coefficient (Wildman–Crippen LogP) is 2.25. The zero-order valence-corrected chi connectivity index (χ0v) is 11.8. The third kappa shape index (κ3) is 1.42. The SMILES string of the molecule is C=C1C2=C(c3ccccc3C(=O)C2=O)N(C(C)C)N1C. The normalized spacial score (nSPS) is 18.1. The minimum Gasteiger partial charge on any atom is -0.288 e. The molecule has 0 unspecified atom stereocenters. The Labute approximate surface area is 118 Å². The molecule has 1 aromatic rings. The molecule has 0 amide bonds. The first-order chi connectivity index (χ1) is 9.45. The van der Waals surface area contributed by atoms with Crippen molar-refractivity contribution in [1.29, 1.82) is 0 Å². The Bertz CT molecular complexity index is 685. The van der Waals surface area contributed by atoms with Crippen molar-refractivity contribution in [2.24, 2.45) is 0 Å². The number of ketones is 2. The van der Waals surface area contributed by atoms with Crippen LogP contribution in [0, 0.1) is 0 Å². The lowest BCUT2D eigenvalue weighted by molar-refractivity contribution is -0.111. The van der Waals surface area contributed by atoms with Crippen LogP contribution in [0.2, 0.25) is 0 Å². The van der Waals surface area contributed by atoms with Crippen molar-refractivity contribution in [1.82, 2.24) is 10.0 Å². The number of allylic oxidation sites excluding steroid dienone is 1. The van der Waals surface area contributed by atoms with Crippen molar-refractivity contribution < 1.29 is 9.59 Å². The Kier molecular flexibility index (Phi) is 2.57. The van der Waals surface area contributed by atoms with E-state index in [-0.39, 0.29) is 6.04 Å². The highest BCUT2D eigenvalue weighted by Crippen LogP contribution is 2.42. The maximum atomic E-state index is 12.4. The summed E-state index contributed by atoms with van der Waals surface area (Å²) in [5.74, 6) is -0.904. The second-order valence-electron chi connectivity index (χ2n) is 5.34. The van der Waals surface area contributed by atoms with Gasteiger partial charge in [0, 0.05) is 24.2 Å². The van der Waals surface area contributed by atoms with Crippen LogP contribution in [0.25, 0.3) is 5.70 Å². The molecule has 0 bridgehead atoms. The number of Topliss-reactive ketones (excluding diaryl/α,β-unsaturated/α-hetero) is 2. The van der Waals surface area contributed by atoms with E-state index in [4.69, 9.17) is 0 Å². The van der Waals surface area contributed by atoms with Crippen molar-refractivity contribution in [2.45, 2.75) is 19.9 Å². The first-order valence-corrected chi connectivity index (χ1v) is 6.60. The van der Waals surface area contributed by atoms with Gasteiger partial charge in [-0.15, -0.1) is 0 Å². The van der Waals surface area contributed by atoms with Gasteiger partial charge in [-0.05, 0) is 13.8 Å². The Morgan fingerprint density at radius 2 is 1.65 bits per heavy atom. The molecule has 1 aromatic carbocycles. The van der Waals surface area contributed by atoms with Gasteiger partial charge in [-0.3, -0.25) is 19.6 Å². The van der Waals surface area contributed by atoms with Crippen molar-refractivity contribution in [2.75, 3.05) is 7.05 Å². The Balaban J connectivity index is 2.33. The lowest BCUT2D eigenvalue weighted by Crippen LogP contribution is -2.38. The Morgan fingerprint density at radius 1 is 1.05 bits per heavy atom. The molecule has 4 heteroatoms. The highest BCUT2D eigenvalue weighted by Gasteiger charge is 2.43. The van der Waals surface area contributed by atoms with Gasteiger partial charge in [-0.2, -0.15) is 0 Å². The molecule has 0 fully saturated rings. The minimum atomic E-state index is -0.460. The van der Waals surface area contributed by atoms with Gasteiger partial charge in [-0.1, -0.05) is 30.8 Å². The van der Waals surface area contributed by atoms with Gasteiger partial charge in [0.05, 0.1) is 17.0 Å². The lowest BCUT2D eigenvalue weighted by atomic mass is 9.87. The van der Waals surface area contributed by atoms with Crippen molar-refractivity contribution in [3.05, 3.63) is 53.2 Å². The summed E-state index contributed by atoms with van der Waals surface area (Å²) in [6.45, 7) is 8.05. The summed E-state index contributed by atoms with van der Waals surface area (Å²) >= 11 is 0. The van der Waals surface area contributed by atoms with E-state index in [0.29, 0.717) is 16.8 Å². The van der Waals surface area contributed by atoms with E-state index in [9.17, 15) is 9.59 Å². The third-order valence-corrected chi connectivity index (χ3v) is 3.82. The van der Waals surface area contributed by atoms with E-state index >= 15 is 0 Å². The molecule has 0 radical (unpaired) electrons. The summed E-state index contributed by atoms with van der Waals surface area (Å²) < 4.78 is 0. The summed E-state index contributed by atoms with van der Waals surface area (Å²) in [4.78, 5) is 24.6. The van der Waals surface area contributed by atoms with Crippen LogP contribution >= 0.6 is 0 Å². The van der Waals surface area contributed by atoms with Crippen LogP contribution in [0.4, 0.5) is 0 Å². The highest BCUT2D eigenvalue weighted by atomic mass is 16.2. The summed E-state index contributed by atoms with van der Waals surface area (Å²) in [6, 6.07) is 7.42. The molecule has 20 heavy (non-hydrogen) atoms. The third-order valence-electron chi connectivity index (χ3n) is 3.82. The zero-order valence-electron chi connectivity index (χ0n) is 11.8. The zero-order chi connectivity index (χ0) is 14.6. The standard InChI is InChI=1S/C16H16N2O2/c1-9(2)18-14-11-7-5-6-8-12(11)15(19)16(20)13(14)10(3)17(18)4/h5-9H,3H2,1-2,4H3. The van der Waals surface area contributed by atoms with Crippen LogP contribution in [-0.4, -0.2) is 34.7 Å². The molecule has 1 aliphatic carbocycles. The van der Waals surface area contributed by atoms with Crippen LogP contribution < -0.4 is 0 Å². The number of hydrogen-bond donors (Lipinski definition) is 0. The summed E-state index contributed by atoms with van der Waals surface area (Å²) in [7, 11) is 1.86. The van der Waals surface area contributed by atoms with E-state index in [1.165, 1.54) is 0 Å². The molecule has 0 spiro atoms. The molecular formula is C16H16N2O2. The fourth-order valence-electron chi connectivity index (χ4n) is 2.92. The van der Waals surface area contributed by atoms with E-state index in [1.807, 2.05) is 43.0 Å². The number of nitrogens with zero attached hydrogens (tertiary/aromatic N) is 2. The Hall–Kier alpha value is -2.36. The molecule has 0 atom stereocenters. The minimum absolute atomic E-state index is 0.165. The first kappa shape index (κ1) is 12.7. The summed E-state index contributed by atoms with van der Waals surface area (Å²) in [6.07, 6.45) is 0. The van der Waals surface area contributed by atoms with Crippen LogP contribution in [0.15, 0.2) is 42.1 Å². The number of carbonyl (C=O) groups is 2. The van der Waals surface area contributed by atoms with Crippen LogP contribution in [0.1, 0.15) is 29.8 Å². The molecule has 4 nitrogen and oxygen atoms in total. The smallest absolute Gasteiger partial charge is 0.237 e. The molecule has 0 saturated heterocycles. The summed E-state index contributed by atoms with van der Waals surface area (Å²) in [5.41, 5.74) is 3.11. The quantitative estimate of drug-likeness (QED) is 0.732. The topological polar surface area (TPSA) is 40.6 Å². The maximum Gasteiger partial charge on any atom is 0.237 e. The largest absolute Gasteiger partial charge is 0.288 e. The van der Waals surface area contributed by atoms with Crippen LogP contribution in [0.5, 0.6) is 0 Å². The molecule has 1 aliphatic heterocycles. The highest BCUT2D eigenvalue weighted by molar-refractivity contribution is 6.53. The molecule has 102 valence electrons. The number of rotatable bonds is 1. The lowest BCUT2D eigenvalue weighted by Gasteiger charge is -2.35. The van der Waals surface area contributed by atoms with Gasteiger partial charge < -0.3 is 0 Å². The number of hydrazine groups is 1. The average molecular weight is 268 g/mol. The van der Waals surface area contributed by atoms with Crippen molar-refractivity contribution in [3.8, 4) is 0 Å². The number of fused-ring (bicyclic) bond motifs is 2. The fourth-order valence-corrected chi connectivity index (χ4v) is 2.92. The van der Waals surface area contributed by atoms with Crippen LogP contribution in [-0.2, 0) is 4.79 Å². The van der Waals surface area contributed by atoms with Crippen LogP contribution in [0.3, 0.4) is 0 Å². The van der Waals surface area contributed by atoms with Crippen molar-refractivity contribution in [3.63, 3.8) is 0 Å². The second-order valence-corrected chi connectivity index (χ2v) is 5.34. The second kappa shape index (κ2) is 4.07. The van der Waals surface area contributed by atoms with E-state index in [1.54, 1.807) is 12.1 Å². The molecule has 0 aromatic heterocycles. The van der Waals surface area contributed by atoms with Gasteiger partial charge in [0.1, 0.15) is 0 Å². The molecule has 3 rings (SSSR count). The van der Waals surface area contributed by atoms with E-state index in [0.717, 1.165) is 11.3 Å². The fraction of sp³-hybridized carbons (Fsp3) is 0.250. The monoisotopic (exact) mass is 268 g/mol. The van der Waals surface area contributed by atoms with Crippen molar-refractivity contribution >= 4 is 17.3 Å². The molecular weight excluding hydrogens is 252 g/mol. The van der Waals surface area contributed by atoms with E-state index < -0.39 is 11.6 Å². The molecule has 0 saturated carbocycles. The molecule has 1 heterocycles. The first-order valence-electron chi connectivity index (χ1n) is 6.60. The molecule has 2 aliphatic rings. The summed E-state index contributed by atoms with van der Waals surface area (Å²) in [5, 5.41) is 3.86. The van der Waals surface area contributed by atoms with Gasteiger partial charge >= 0.3 is 0 Å². The van der Waals surface area contributed by atoms with Gasteiger partial charge in [-0.25, -0.2) is 0 Å². The number of benzene rings is 1. The maximum absolute atomic E-state index is 12.4. The number of carbonyl (C=O) groups excluding carboxylic acids is 2. The van der Waals surface area contributed by atoms with Gasteiger partial charge in [0.2, 0.25) is 11.6 Å². The predicted molar refractivity (Wildman–Crippen MR) is 76.6 cm³/mol. The van der Waals surface area contributed by atoms with E-state index in [2.05, 4.69) is 6.58 Å². The number of hydrogen-bond acceptors (Lipinski definition) is 4. The van der Waals surface area contributed by atoms with Gasteiger partial charge in [0.15, 0.2) is 0 Å². The molecule has 0 N–H and O–H groups in total. The Morgan fingerprint density at radius 3 is 2.25 bits per heavy atom. The average Bonchev–Trinajstić information content (AvgIpc) is 2.69. The van der Waals surface area contributed by atoms with Gasteiger partial charge in [0.25, 0.3) is 0 Å².